The van der Waals surface area contributed by atoms with Crippen molar-refractivity contribution >= 4 is 5.91 Å². The SMILES string of the molecule is COc1cccc2c1OCC(C(=O)NCc1cc3n(n1)CCNC3)C2. The van der Waals surface area contributed by atoms with Crippen LogP contribution in [0.5, 0.6) is 11.5 Å². The molecule has 2 N–H and O–H groups in total. The highest BCUT2D eigenvalue weighted by Crippen LogP contribution is 2.36. The molecule has 1 aromatic heterocycles. The Morgan fingerprint density at radius 2 is 2.44 bits per heavy atom. The van der Waals surface area contributed by atoms with Crippen LogP contribution in [0.4, 0.5) is 0 Å². The van der Waals surface area contributed by atoms with Crippen LogP contribution in [-0.2, 0) is 30.8 Å². The van der Waals surface area contributed by atoms with E-state index in [4.69, 9.17) is 9.47 Å². The van der Waals surface area contributed by atoms with Crippen LogP contribution >= 0.6 is 0 Å². The predicted molar refractivity (Wildman–Crippen MR) is 91.5 cm³/mol. The van der Waals surface area contributed by atoms with E-state index in [1.54, 1.807) is 7.11 Å². The molecule has 7 heteroatoms. The van der Waals surface area contributed by atoms with Crippen LogP contribution in [0.3, 0.4) is 0 Å². The van der Waals surface area contributed by atoms with Gasteiger partial charge < -0.3 is 20.1 Å². The van der Waals surface area contributed by atoms with Gasteiger partial charge in [-0.1, -0.05) is 12.1 Å². The Labute approximate surface area is 146 Å². The zero-order valence-corrected chi connectivity index (χ0v) is 14.2. The first kappa shape index (κ1) is 16.0. The normalized spacial score (nSPS) is 18.7. The average Bonchev–Trinajstić information content (AvgIpc) is 3.08. The fourth-order valence-corrected chi connectivity index (χ4v) is 3.38. The molecule has 4 rings (SSSR count). The molecule has 0 saturated carbocycles. The Kier molecular flexibility index (Phi) is 4.31. The summed E-state index contributed by atoms with van der Waals surface area (Å²) in [4.78, 5) is 12.5. The molecule has 1 aromatic carbocycles. The van der Waals surface area contributed by atoms with Gasteiger partial charge in [-0.25, -0.2) is 0 Å². The number of para-hydroxylation sites is 1. The van der Waals surface area contributed by atoms with Crippen molar-refractivity contribution in [1.29, 1.82) is 0 Å². The average molecular weight is 342 g/mol. The lowest BCUT2D eigenvalue weighted by Gasteiger charge is -2.25. The minimum atomic E-state index is -0.196. The van der Waals surface area contributed by atoms with Crippen molar-refractivity contribution in [3.63, 3.8) is 0 Å². The summed E-state index contributed by atoms with van der Waals surface area (Å²) >= 11 is 0. The first-order chi connectivity index (χ1) is 12.2. The molecule has 0 radical (unpaired) electrons. The summed E-state index contributed by atoms with van der Waals surface area (Å²) in [6.07, 6.45) is 0.655. The first-order valence-corrected chi connectivity index (χ1v) is 8.57. The van der Waals surface area contributed by atoms with Crippen molar-refractivity contribution < 1.29 is 14.3 Å². The Balaban J connectivity index is 1.38. The summed E-state index contributed by atoms with van der Waals surface area (Å²) in [5, 5.41) is 10.8. The maximum atomic E-state index is 12.5. The molecule has 0 saturated heterocycles. The second-order valence-corrected chi connectivity index (χ2v) is 6.41. The molecule has 1 atom stereocenters. The van der Waals surface area contributed by atoms with Gasteiger partial charge in [-0.05, 0) is 24.1 Å². The van der Waals surface area contributed by atoms with Crippen LogP contribution < -0.4 is 20.1 Å². The molecule has 0 fully saturated rings. The first-order valence-electron chi connectivity index (χ1n) is 8.57. The van der Waals surface area contributed by atoms with Crippen LogP contribution in [0, 0.1) is 5.92 Å². The molecule has 25 heavy (non-hydrogen) atoms. The van der Waals surface area contributed by atoms with Gasteiger partial charge in [0, 0.05) is 13.1 Å². The van der Waals surface area contributed by atoms with E-state index in [9.17, 15) is 4.79 Å². The molecule has 7 nitrogen and oxygen atoms in total. The van der Waals surface area contributed by atoms with Crippen LogP contribution in [0.25, 0.3) is 0 Å². The highest BCUT2D eigenvalue weighted by molar-refractivity contribution is 5.79. The second kappa shape index (κ2) is 6.76. The topological polar surface area (TPSA) is 77.4 Å². The fourth-order valence-electron chi connectivity index (χ4n) is 3.38. The van der Waals surface area contributed by atoms with Gasteiger partial charge in [-0.3, -0.25) is 9.48 Å². The minimum Gasteiger partial charge on any atom is -0.493 e. The van der Waals surface area contributed by atoms with Gasteiger partial charge in [0.1, 0.15) is 6.61 Å². The molecule has 2 aromatic rings. The number of carbonyl (C=O) groups excluding carboxylic acids is 1. The molecule has 0 aliphatic carbocycles. The fraction of sp³-hybridized carbons (Fsp3) is 0.444. The van der Waals surface area contributed by atoms with E-state index >= 15 is 0 Å². The van der Waals surface area contributed by atoms with E-state index in [1.165, 1.54) is 0 Å². The Morgan fingerprint density at radius 3 is 3.28 bits per heavy atom. The van der Waals surface area contributed by atoms with E-state index in [1.807, 2.05) is 28.9 Å². The van der Waals surface area contributed by atoms with E-state index in [0.717, 1.165) is 42.3 Å². The monoisotopic (exact) mass is 342 g/mol. The van der Waals surface area contributed by atoms with Gasteiger partial charge in [-0.2, -0.15) is 5.10 Å². The number of amides is 1. The van der Waals surface area contributed by atoms with Crippen molar-refractivity contribution in [2.75, 3.05) is 20.3 Å². The third kappa shape index (κ3) is 3.19. The summed E-state index contributed by atoms with van der Waals surface area (Å²) in [6, 6.07) is 7.82. The maximum Gasteiger partial charge on any atom is 0.227 e. The summed E-state index contributed by atoms with van der Waals surface area (Å²) < 4.78 is 13.1. The van der Waals surface area contributed by atoms with Gasteiger partial charge in [0.25, 0.3) is 0 Å². The van der Waals surface area contributed by atoms with Gasteiger partial charge in [-0.15, -0.1) is 0 Å². The van der Waals surface area contributed by atoms with Gasteiger partial charge in [0.2, 0.25) is 5.91 Å². The largest absolute Gasteiger partial charge is 0.493 e. The van der Waals surface area contributed by atoms with Crippen molar-refractivity contribution in [2.45, 2.75) is 26.1 Å². The highest BCUT2D eigenvalue weighted by Gasteiger charge is 2.27. The van der Waals surface area contributed by atoms with E-state index < -0.39 is 0 Å². The zero-order valence-electron chi connectivity index (χ0n) is 14.2. The maximum absolute atomic E-state index is 12.5. The van der Waals surface area contributed by atoms with Gasteiger partial charge in [0.05, 0.1) is 37.5 Å². The number of carbonyl (C=O) groups is 1. The minimum absolute atomic E-state index is 0.00225. The molecule has 0 bridgehead atoms. The lowest BCUT2D eigenvalue weighted by atomic mass is 9.95. The number of aromatic nitrogens is 2. The summed E-state index contributed by atoms with van der Waals surface area (Å²) in [5.74, 6) is 1.27. The number of methoxy groups -OCH3 is 1. The van der Waals surface area contributed by atoms with E-state index in [2.05, 4.69) is 15.7 Å². The summed E-state index contributed by atoms with van der Waals surface area (Å²) in [7, 11) is 1.62. The summed E-state index contributed by atoms with van der Waals surface area (Å²) in [5.41, 5.74) is 3.07. The van der Waals surface area contributed by atoms with Crippen molar-refractivity contribution in [3.05, 3.63) is 41.2 Å². The highest BCUT2D eigenvalue weighted by atomic mass is 16.5. The smallest absolute Gasteiger partial charge is 0.227 e. The molecule has 2 aliphatic rings. The number of hydrogen-bond donors (Lipinski definition) is 2. The molecule has 3 heterocycles. The van der Waals surface area contributed by atoms with Crippen LogP contribution in [0.15, 0.2) is 24.3 Å². The number of hydrogen-bond acceptors (Lipinski definition) is 5. The third-order valence-corrected chi connectivity index (χ3v) is 4.71. The molecule has 0 spiro atoms. The van der Waals surface area contributed by atoms with Crippen molar-refractivity contribution in [2.24, 2.45) is 5.92 Å². The molecular weight excluding hydrogens is 320 g/mol. The standard InChI is InChI=1S/C18H22N4O3/c1-24-16-4-2-3-12-7-13(11-25-17(12)16)18(23)20-9-14-8-15-10-19-5-6-22(15)21-14/h2-4,8,13,19H,5-7,9-11H2,1H3,(H,20,23). The molecule has 1 unspecified atom stereocenters. The van der Waals surface area contributed by atoms with Crippen molar-refractivity contribution in [1.82, 2.24) is 20.4 Å². The van der Waals surface area contributed by atoms with Gasteiger partial charge >= 0.3 is 0 Å². The lowest BCUT2D eigenvalue weighted by Crippen LogP contribution is -2.37. The second-order valence-electron chi connectivity index (χ2n) is 6.41. The van der Waals surface area contributed by atoms with Crippen LogP contribution in [0.2, 0.25) is 0 Å². The number of benzene rings is 1. The van der Waals surface area contributed by atoms with E-state index in [0.29, 0.717) is 25.3 Å². The molecule has 132 valence electrons. The molecule has 2 aliphatic heterocycles. The molecular formula is C18H22N4O3. The van der Waals surface area contributed by atoms with Gasteiger partial charge in [0.15, 0.2) is 11.5 Å². The number of ether oxygens (including phenoxy) is 2. The van der Waals surface area contributed by atoms with Crippen LogP contribution in [-0.4, -0.2) is 35.9 Å². The Hall–Kier alpha value is -2.54. The van der Waals surface area contributed by atoms with E-state index in [-0.39, 0.29) is 11.8 Å². The number of nitrogens with zero attached hydrogens (tertiary/aromatic N) is 2. The number of rotatable bonds is 4. The quantitative estimate of drug-likeness (QED) is 0.862. The zero-order chi connectivity index (χ0) is 17.2. The third-order valence-electron chi connectivity index (χ3n) is 4.71. The molecule has 1 amide bonds. The predicted octanol–water partition coefficient (Wildman–Crippen LogP) is 0.862. The van der Waals surface area contributed by atoms with Crippen LogP contribution in [0.1, 0.15) is 17.0 Å². The van der Waals surface area contributed by atoms with Crippen molar-refractivity contribution in [3.8, 4) is 11.5 Å². The summed E-state index contributed by atoms with van der Waals surface area (Å²) in [6.45, 7) is 3.44. The number of fused-ring (bicyclic) bond motifs is 2. The Bertz CT molecular complexity index is 763. The number of nitrogens with one attached hydrogen (secondary N) is 2. The lowest BCUT2D eigenvalue weighted by molar-refractivity contribution is -0.126. The Morgan fingerprint density at radius 1 is 1.52 bits per heavy atom.